The summed E-state index contributed by atoms with van der Waals surface area (Å²) in [5, 5.41) is 6.37. The molecule has 1 atom stereocenters. The summed E-state index contributed by atoms with van der Waals surface area (Å²) in [6.07, 6.45) is 5.69. The molecule has 0 radical (unpaired) electrons. The van der Waals surface area contributed by atoms with Crippen molar-refractivity contribution in [1.29, 1.82) is 0 Å². The Morgan fingerprint density at radius 3 is 2.42 bits per heavy atom. The average Bonchev–Trinajstić information content (AvgIpc) is 2.57. The highest BCUT2D eigenvalue weighted by molar-refractivity contribution is 6.30. The molecule has 0 unspecified atom stereocenters. The summed E-state index contributed by atoms with van der Waals surface area (Å²) in [6, 6.07) is 6.89. The standard InChI is InChI=1S/C18H26ClN3O2/c1-20-18(24)17(13-8-10-14(19)11-9-13)22(2)12-16(23)21-15-6-4-3-5-7-15/h8-11,15,17H,3-7,12H2,1-2H3,(H,20,24)(H,21,23)/t17-/m0/s1. The maximum Gasteiger partial charge on any atom is 0.241 e. The van der Waals surface area contributed by atoms with Crippen molar-refractivity contribution in [2.45, 2.75) is 44.2 Å². The van der Waals surface area contributed by atoms with Crippen LogP contribution < -0.4 is 10.6 Å². The highest BCUT2D eigenvalue weighted by Gasteiger charge is 2.26. The van der Waals surface area contributed by atoms with Crippen molar-refractivity contribution in [3.8, 4) is 0 Å². The quantitative estimate of drug-likeness (QED) is 0.827. The van der Waals surface area contributed by atoms with Gasteiger partial charge in [0.15, 0.2) is 0 Å². The van der Waals surface area contributed by atoms with Crippen LogP contribution in [0.15, 0.2) is 24.3 Å². The van der Waals surface area contributed by atoms with Crippen molar-refractivity contribution in [1.82, 2.24) is 15.5 Å². The lowest BCUT2D eigenvalue weighted by atomic mass is 9.95. The summed E-state index contributed by atoms with van der Waals surface area (Å²) in [4.78, 5) is 26.4. The molecule has 1 saturated carbocycles. The molecular formula is C18H26ClN3O2. The van der Waals surface area contributed by atoms with Crippen LogP contribution in [0, 0.1) is 0 Å². The largest absolute Gasteiger partial charge is 0.358 e. The van der Waals surface area contributed by atoms with Gasteiger partial charge in [-0.25, -0.2) is 0 Å². The van der Waals surface area contributed by atoms with Crippen molar-refractivity contribution < 1.29 is 9.59 Å². The van der Waals surface area contributed by atoms with Gasteiger partial charge < -0.3 is 10.6 Å². The van der Waals surface area contributed by atoms with Gasteiger partial charge in [0, 0.05) is 18.1 Å². The monoisotopic (exact) mass is 351 g/mol. The van der Waals surface area contributed by atoms with Crippen LogP contribution >= 0.6 is 11.6 Å². The van der Waals surface area contributed by atoms with Gasteiger partial charge in [-0.05, 0) is 37.6 Å². The van der Waals surface area contributed by atoms with Gasteiger partial charge in [0.05, 0.1) is 6.54 Å². The van der Waals surface area contributed by atoms with E-state index in [-0.39, 0.29) is 24.4 Å². The minimum absolute atomic E-state index is 0.0349. The first-order chi connectivity index (χ1) is 11.5. The van der Waals surface area contributed by atoms with Crippen molar-refractivity contribution in [2.75, 3.05) is 20.6 Å². The zero-order valence-electron chi connectivity index (χ0n) is 14.3. The Balaban J connectivity index is 2.01. The molecule has 0 aliphatic heterocycles. The number of carbonyl (C=O) groups is 2. The SMILES string of the molecule is CNC(=O)[C@H](c1ccc(Cl)cc1)N(C)CC(=O)NC1CCCCC1. The third-order valence-corrected chi connectivity index (χ3v) is 4.74. The van der Waals surface area contributed by atoms with Crippen LogP contribution in [-0.4, -0.2) is 43.4 Å². The third-order valence-electron chi connectivity index (χ3n) is 4.48. The second-order valence-electron chi connectivity index (χ2n) is 6.39. The van der Waals surface area contributed by atoms with Gasteiger partial charge in [-0.3, -0.25) is 14.5 Å². The van der Waals surface area contributed by atoms with Gasteiger partial charge in [0.25, 0.3) is 0 Å². The molecule has 2 amide bonds. The number of carbonyl (C=O) groups excluding carboxylic acids is 2. The summed E-state index contributed by atoms with van der Waals surface area (Å²) in [7, 11) is 3.39. The fourth-order valence-corrected chi connectivity index (χ4v) is 3.35. The van der Waals surface area contributed by atoms with Crippen molar-refractivity contribution in [3.05, 3.63) is 34.9 Å². The topological polar surface area (TPSA) is 61.4 Å². The van der Waals surface area contributed by atoms with Crippen LogP contribution in [-0.2, 0) is 9.59 Å². The zero-order chi connectivity index (χ0) is 17.5. The van der Waals surface area contributed by atoms with E-state index >= 15 is 0 Å². The Labute approximate surface area is 148 Å². The molecule has 0 heterocycles. The molecule has 1 fully saturated rings. The van der Waals surface area contributed by atoms with Crippen LogP contribution in [0.5, 0.6) is 0 Å². The Morgan fingerprint density at radius 1 is 1.21 bits per heavy atom. The number of rotatable bonds is 6. The number of hydrogen-bond donors (Lipinski definition) is 2. The maximum atomic E-state index is 12.3. The molecule has 0 aromatic heterocycles. The minimum Gasteiger partial charge on any atom is -0.358 e. The Bertz CT molecular complexity index is 556. The molecule has 1 aliphatic carbocycles. The minimum atomic E-state index is -0.524. The molecule has 24 heavy (non-hydrogen) atoms. The highest BCUT2D eigenvalue weighted by atomic mass is 35.5. The molecule has 0 bridgehead atoms. The first-order valence-corrected chi connectivity index (χ1v) is 8.85. The average molecular weight is 352 g/mol. The molecule has 0 saturated heterocycles. The second kappa shape index (κ2) is 9.04. The lowest BCUT2D eigenvalue weighted by Crippen LogP contribution is -2.45. The second-order valence-corrected chi connectivity index (χ2v) is 6.82. The van der Waals surface area contributed by atoms with Gasteiger partial charge in [0.1, 0.15) is 6.04 Å². The van der Waals surface area contributed by atoms with E-state index in [2.05, 4.69) is 10.6 Å². The van der Waals surface area contributed by atoms with E-state index < -0.39 is 6.04 Å². The lowest BCUT2D eigenvalue weighted by Gasteiger charge is -2.28. The van der Waals surface area contributed by atoms with E-state index in [1.54, 1.807) is 31.1 Å². The normalized spacial score (nSPS) is 16.7. The highest BCUT2D eigenvalue weighted by Crippen LogP contribution is 2.22. The van der Waals surface area contributed by atoms with E-state index in [1.807, 2.05) is 12.1 Å². The van der Waals surface area contributed by atoms with Gasteiger partial charge in [-0.2, -0.15) is 0 Å². The number of hydrogen-bond acceptors (Lipinski definition) is 3. The predicted octanol–water partition coefficient (Wildman–Crippen LogP) is 2.51. The third kappa shape index (κ3) is 5.21. The molecular weight excluding hydrogens is 326 g/mol. The number of nitrogens with zero attached hydrogens (tertiary/aromatic N) is 1. The summed E-state index contributed by atoms with van der Waals surface area (Å²) in [6.45, 7) is 0.178. The fourth-order valence-electron chi connectivity index (χ4n) is 3.23. The predicted molar refractivity (Wildman–Crippen MR) is 95.9 cm³/mol. The van der Waals surface area contributed by atoms with Gasteiger partial charge in [0.2, 0.25) is 11.8 Å². The van der Waals surface area contributed by atoms with Crippen LogP contribution in [0.2, 0.25) is 5.02 Å². The number of halogens is 1. The Hall–Kier alpha value is -1.59. The zero-order valence-corrected chi connectivity index (χ0v) is 15.1. The number of amides is 2. The van der Waals surface area contributed by atoms with Gasteiger partial charge >= 0.3 is 0 Å². The van der Waals surface area contributed by atoms with Crippen molar-refractivity contribution >= 4 is 23.4 Å². The molecule has 6 heteroatoms. The summed E-state index contributed by atoms with van der Waals surface area (Å²) in [5.74, 6) is -0.183. The lowest BCUT2D eigenvalue weighted by molar-refractivity contribution is -0.128. The van der Waals surface area contributed by atoms with Crippen LogP contribution in [0.3, 0.4) is 0 Å². The van der Waals surface area contributed by atoms with E-state index in [0.717, 1.165) is 18.4 Å². The van der Waals surface area contributed by atoms with Crippen LogP contribution in [0.4, 0.5) is 0 Å². The number of nitrogens with one attached hydrogen (secondary N) is 2. The maximum absolute atomic E-state index is 12.3. The van der Waals surface area contributed by atoms with E-state index in [4.69, 9.17) is 11.6 Å². The van der Waals surface area contributed by atoms with Crippen molar-refractivity contribution in [3.63, 3.8) is 0 Å². The molecule has 1 aromatic carbocycles. The fraction of sp³-hybridized carbons (Fsp3) is 0.556. The van der Waals surface area contributed by atoms with Crippen LogP contribution in [0.1, 0.15) is 43.7 Å². The number of benzene rings is 1. The molecule has 0 spiro atoms. The van der Waals surface area contributed by atoms with Gasteiger partial charge in [-0.1, -0.05) is 43.0 Å². The van der Waals surface area contributed by atoms with Crippen molar-refractivity contribution in [2.24, 2.45) is 0 Å². The Kier molecular flexibility index (Phi) is 7.06. The first kappa shape index (κ1) is 18.7. The number of likely N-dealkylation sites (N-methyl/N-ethyl adjacent to an activating group) is 2. The smallest absolute Gasteiger partial charge is 0.241 e. The summed E-state index contributed by atoms with van der Waals surface area (Å²) < 4.78 is 0. The molecule has 1 aliphatic rings. The molecule has 2 rings (SSSR count). The first-order valence-electron chi connectivity index (χ1n) is 8.48. The van der Waals surface area contributed by atoms with Gasteiger partial charge in [-0.15, -0.1) is 0 Å². The Morgan fingerprint density at radius 2 is 1.83 bits per heavy atom. The summed E-state index contributed by atoms with van der Waals surface area (Å²) >= 11 is 5.92. The molecule has 2 N–H and O–H groups in total. The van der Waals surface area contributed by atoms with E-state index in [1.165, 1.54) is 19.3 Å². The summed E-state index contributed by atoms with van der Waals surface area (Å²) in [5.41, 5.74) is 0.812. The molecule has 132 valence electrons. The van der Waals surface area contributed by atoms with E-state index in [9.17, 15) is 9.59 Å². The molecule has 1 aromatic rings. The molecule has 5 nitrogen and oxygen atoms in total. The van der Waals surface area contributed by atoms with Crippen LogP contribution in [0.25, 0.3) is 0 Å². The van der Waals surface area contributed by atoms with E-state index in [0.29, 0.717) is 5.02 Å².